The van der Waals surface area contributed by atoms with Crippen LogP contribution in [0, 0.1) is 0 Å². The molecule has 0 aromatic heterocycles. The van der Waals surface area contributed by atoms with Crippen LogP contribution in [0.3, 0.4) is 0 Å². The third-order valence-electron chi connectivity index (χ3n) is 4.11. The maximum absolute atomic E-state index is 12.6. The highest BCUT2D eigenvalue weighted by Crippen LogP contribution is 2.23. The molecule has 1 aliphatic heterocycles. The first kappa shape index (κ1) is 18.8. The van der Waals surface area contributed by atoms with Gasteiger partial charge in [-0.25, -0.2) is 0 Å². The molecule has 0 spiro atoms. The zero-order chi connectivity index (χ0) is 16.1. The Bertz CT molecular complexity index is 648. The van der Waals surface area contributed by atoms with Gasteiger partial charge >= 0.3 is 0 Å². The number of halogens is 1. The second-order valence-electron chi connectivity index (χ2n) is 5.85. The fraction of sp³-hybridized carbons (Fsp3) is 0.316. The van der Waals surface area contributed by atoms with Crippen molar-refractivity contribution in [3.8, 4) is 0 Å². The third-order valence-corrected chi connectivity index (χ3v) is 5.19. The van der Waals surface area contributed by atoms with Crippen molar-refractivity contribution in [2.75, 3.05) is 19.6 Å². The van der Waals surface area contributed by atoms with Crippen LogP contribution in [0.5, 0.6) is 0 Å². The Morgan fingerprint density at radius 1 is 1.17 bits per heavy atom. The molecule has 1 fully saturated rings. The van der Waals surface area contributed by atoms with E-state index in [9.17, 15) is 4.79 Å². The highest BCUT2D eigenvalue weighted by molar-refractivity contribution is 7.98. The molecule has 3 rings (SSSR count). The van der Waals surface area contributed by atoms with Crippen LogP contribution < -0.4 is 5.32 Å². The molecule has 24 heavy (non-hydrogen) atoms. The fourth-order valence-electron chi connectivity index (χ4n) is 2.74. The molecule has 1 N–H and O–H groups in total. The molecule has 2 aromatic carbocycles. The van der Waals surface area contributed by atoms with Crippen LogP contribution in [0.15, 0.2) is 59.5 Å². The van der Waals surface area contributed by atoms with Crippen molar-refractivity contribution in [1.29, 1.82) is 0 Å². The van der Waals surface area contributed by atoms with Gasteiger partial charge < -0.3 is 10.2 Å². The number of piperazine rings is 1. The van der Waals surface area contributed by atoms with Crippen molar-refractivity contribution in [2.24, 2.45) is 0 Å². The minimum absolute atomic E-state index is 0. The number of carbonyl (C=O) groups is 1. The second kappa shape index (κ2) is 9.11. The van der Waals surface area contributed by atoms with Crippen molar-refractivity contribution >= 4 is 30.1 Å². The summed E-state index contributed by atoms with van der Waals surface area (Å²) in [5, 5.41) is 3.32. The lowest BCUT2D eigenvalue weighted by molar-refractivity contribution is 0.0655. The lowest BCUT2D eigenvalue weighted by Gasteiger charge is -2.34. The molecule has 1 atom stereocenters. The number of amides is 1. The predicted octanol–water partition coefficient (Wildman–Crippen LogP) is 3.83. The molecular formula is C19H23ClN2OS. The average Bonchev–Trinajstić information content (AvgIpc) is 2.61. The Morgan fingerprint density at radius 3 is 2.54 bits per heavy atom. The SMILES string of the molecule is C[C@H]1CNCCN1C(=O)c1ccc(SCc2ccccc2)cc1.Cl. The molecule has 0 aliphatic carbocycles. The molecule has 2 aromatic rings. The predicted molar refractivity (Wildman–Crippen MR) is 103 cm³/mol. The molecule has 1 aliphatic rings. The number of benzene rings is 2. The van der Waals surface area contributed by atoms with Crippen molar-refractivity contribution in [1.82, 2.24) is 10.2 Å². The lowest BCUT2D eigenvalue weighted by atomic mass is 10.1. The number of hydrogen-bond acceptors (Lipinski definition) is 3. The van der Waals surface area contributed by atoms with E-state index in [-0.39, 0.29) is 24.4 Å². The van der Waals surface area contributed by atoms with Gasteiger partial charge in [0.15, 0.2) is 0 Å². The fourth-order valence-corrected chi connectivity index (χ4v) is 3.60. The highest BCUT2D eigenvalue weighted by atomic mass is 35.5. The van der Waals surface area contributed by atoms with Gasteiger partial charge in [0, 0.05) is 41.9 Å². The van der Waals surface area contributed by atoms with Gasteiger partial charge in [0.2, 0.25) is 0 Å². The van der Waals surface area contributed by atoms with Crippen molar-refractivity contribution < 1.29 is 4.79 Å². The summed E-state index contributed by atoms with van der Waals surface area (Å²) in [6, 6.07) is 18.7. The number of nitrogens with zero attached hydrogens (tertiary/aromatic N) is 1. The molecule has 5 heteroatoms. The van der Waals surface area contributed by atoms with Crippen LogP contribution in [0.4, 0.5) is 0 Å². The van der Waals surface area contributed by atoms with Gasteiger partial charge in [0.05, 0.1) is 0 Å². The second-order valence-corrected chi connectivity index (χ2v) is 6.90. The van der Waals surface area contributed by atoms with Gasteiger partial charge in [-0.15, -0.1) is 24.2 Å². The average molecular weight is 363 g/mol. The van der Waals surface area contributed by atoms with E-state index in [1.165, 1.54) is 10.5 Å². The van der Waals surface area contributed by atoms with Gasteiger partial charge in [0.1, 0.15) is 0 Å². The first-order valence-electron chi connectivity index (χ1n) is 8.02. The summed E-state index contributed by atoms with van der Waals surface area (Å²) in [6.45, 7) is 4.62. The van der Waals surface area contributed by atoms with Gasteiger partial charge in [-0.2, -0.15) is 0 Å². The summed E-state index contributed by atoms with van der Waals surface area (Å²) in [6.07, 6.45) is 0. The van der Waals surface area contributed by atoms with Gasteiger partial charge in [-0.1, -0.05) is 30.3 Å². The van der Waals surface area contributed by atoms with Crippen molar-refractivity contribution in [3.05, 3.63) is 65.7 Å². The maximum Gasteiger partial charge on any atom is 0.254 e. The smallest absolute Gasteiger partial charge is 0.254 e. The Kier molecular flexibility index (Phi) is 7.16. The van der Waals surface area contributed by atoms with E-state index >= 15 is 0 Å². The van der Waals surface area contributed by atoms with Crippen molar-refractivity contribution in [3.63, 3.8) is 0 Å². The molecule has 0 saturated carbocycles. The molecule has 0 radical (unpaired) electrons. The molecule has 3 nitrogen and oxygen atoms in total. The van der Waals surface area contributed by atoms with Crippen molar-refractivity contribution in [2.45, 2.75) is 23.6 Å². The topological polar surface area (TPSA) is 32.3 Å². The van der Waals surface area contributed by atoms with Crippen LogP contribution >= 0.6 is 24.2 Å². The van der Waals surface area contributed by atoms with Crippen LogP contribution in [-0.2, 0) is 5.75 Å². The molecule has 1 heterocycles. The van der Waals surface area contributed by atoms with Crippen LogP contribution in [-0.4, -0.2) is 36.5 Å². The van der Waals surface area contributed by atoms with E-state index < -0.39 is 0 Å². The summed E-state index contributed by atoms with van der Waals surface area (Å²) in [5.41, 5.74) is 2.09. The van der Waals surface area contributed by atoms with Crippen LogP contribution in [0.2, 0.25) is 0 Å². The summed E-state index contributed by atoms with van der Waals surface area (Å²) in [7, 11) is 0. The molecule has 128 valence electrons. The molecule has 0 unspecified atom stereocenters. The Hall–Kier alpha value is -1.49. The van der Waals surface area contributed by atoms with E-state index in [1.54, 1.807) is 11.8 Å². The number of thioether (sulfide) groups is 1. The summed E-state index contributed by atoms with van der Waals surface area (Å²) in [4.78, 5) is 15.7. The molecular weight excluding hydrogens is 340 g/mol. The number of rotatable bonds is 4. The summed E-state index contributed by atoms with van der Waals surface area (Å²) < 4.78 is 0. The van der Waals surface area contributed by atoms with Gasteiger partial charge in [-0.3, -0.25) is 4.79 Å². The van der Waals surface area contributed by atoms with E-state index in [4.69, 9.17) is 0 Å². The van der Waals surface area contributed by atoms with Gasteiger partial charge in [-0.05, 0) is 36.8 Å². The Morgan fingerprint density at radius 2 is 1.88 bits per heavy atom. The van der Waals surface area contributed by atoms with E-state index in [0.29, 0.717) is 0 Å². The van der Waals surface area contributed by atoms with Gasteiger partial charge in [0.25, 0.3) is 5.91 Å². The minimum Gasteiger partial charge on any atom is -0.333 e. The lowest BCUT2D eigenvalue weighted by Crippen LogP contribution is -2.52. The van der Waals surface area contributed by atoms with E-state index in [0.717, 1.165) is 31.0 Å². The minimum atomic E-state index is 0. The van der Waals surface area contributed by atoms with E-state index in [2.05, 4.69) is 36.5 Å². The number of carbonyl (C=O) groups excluding carboxylic acids is 1. The normalized spacial score (nSPS) is 17.2. The van der Waals surface area contributed by atoms with Crippen LogP contribution in [0.1, 0.15) is 22.8 Å². The highest BCUT2D eigenvalue weighted by Gasteiger charge is 2.23. The van der Waals surface area contributed by atoms with Crippen LogP contribution in [0.25, 0.3) is 0 Å². The Labute approximate surface area is 154 Å². The molecule has 1 saturated heterocycles. The summed E-state index contributed by atoms with van der Waals surface area (Å²) in [5.74, 6) is 1.08. The standard InChI is InChI=1S/C19H22N2OS.ClH/c1-15-13-20-11-12-21(15)19(22)17-7-9-18(10-8-17)23-14-16-5-3-2-4-6-16;/h2-10,15,20H,11-14H2,1H3;1H/t15-;/m0./s1. The van der Waals surface area contributed by atoms with E-state index in [1.807, 2.05) is 35.2 Å². The maximum atomic E-state index is 12.6. The Balaban J connectivity index is 0.00000208. The number of hydrogen-bond donors (Lipinski definition) is 1. The quantitative estimate of drug-likeness (QED) is 0.839. The first-order chi connectivity index (χ1) is 11.2. The number of nitrogens with one attached hydrogen (secondary N) is 1. The zero-order valence-corrected chi connectivity index (χ0v) is 15.4. The summed E-state index contributed by atoms with van der Waals surface area (Å²) >= 11 is 1.80. The molecule has 1 amide bonds. The molecule has 0 bridgehead atoms. The monoisotopic (exact) mass is 362 g/mol. The largest absolute Gasteiger partial charge is 0.333 e. The zero-order valence-electron chi connectivity index (χ0n) is 13.8. The first-order valence-corrected chi connectivity index (χ1v) is 9.01. The third kappa shape index (κ3) is 4.76.